The van der Waals surface area contributed by atoms with Gasteiger partial charge in [-0.25, -0.2) is 9.59 Å². The van der Waals surface area contributed by atoms with Gasteiger partial charge in [-0.1, -0.05) is 0 Å². The lowest BCUT2D eigenvalue weighted by molar-refractivity contribution is 0.136. The van der Waals surface area contributed by atoms with E-state index in [0.717, 1.165) is 0 Å². The van der Waals surface area contributed by atoms with E-state index in [0.29, 0.717) is 6.61 Å². The van der Waals surface area contributed by atoms with Gasteiger partial charge in [-0.2, -0.15) is 0 Å². The van der Waals surface area contributed by atoms with Gasteiger partial charge < -0.3 is 26.2 Å². The van der Waals surface area contributed by atoms with Crippen molar-refractivity contribution in [2.24, 2.45) is 5.73 Å². The highest BCUT2D eigenvalue weighted by Crippen LogP contribution is 1.66. The Morgan fingerprint density at radius 1 is 1.45 bits per heavy atom. The van der Waals surface area contributed by atoms with Gasteiger partial charge in [-0.05, 0) is 6.92 Å². The highest BCUT2D eigenvalue weighted by molar-refractivity contribution is 5.64. The molecular weight excluding hydrogens is 158 g/mol. The predicted molar refractivity (Wildman–Crippen MR) is 35.5 cm³/mol. The van der Waals surface area contributed by atoms with Crippen LogP contribution in [0.25, 0.3) is 0 Å². The molecule has 0 aromatic carbocycles. The van der Waals surface area contributed by atoms with Crippen molar-refractivity contribution in [2.75, 3.05) is 6.61 Å². The van der Waals surface area contributed by atoms with Gasteiger partial charge in [0.05, 0.1) is 6.61 Å². The van der Waals surface area contributed by atoms with Crippen LogP contribution in [0.2, 0.25) is 0 Å². The smallest absolute Gasteiger partial charge is 0.450 e. The fourth-order valence-electron chi connectivity index (χ4n) is 0.142. The second-order valence-corrected chi connectivity index (χ2v) is 1.03. The summed E-state index contributed by atoms with van der Waals surface area (Å²) in [7, 11) is 0. The number of primary amides is 1. The van der Waals surface area contributed by atoms with E-state index in [1.54, 1.807) is 6.92 Å². The monoisotopic (exact) mass is 169 g/mol. The minimum Gasteiger partial charge on any atom is -0.450 e. The molecule has 0 atom stereocenters. The summed E-state index contributed by atoms with van der Waals surface area (Å²) in [6.45, 7) is 2.06. The van der Waals surface area contributed by atoms with Gasteiger partial charge in [-0.15, -0.1) is 0 Å². The minimum atomic E-state index is -1.83. The Bertz CT molecular complexity index is 109. The van der Waals surface area contributed by atoms with Crippen LogP contribution in [0.5, 0.6) is 0 Å². The number of nitrogens with two attached hydrogens (primary N) is 1. The molecule has 0 heterocycles. The van der Waals surface area contributed by atoms with E-state index >= 15 is 0 Å². The van der Waals surface area contributed by atoms with Crippen molar-refractivity contribution in [1.82, 2.24) is 0 Å². The Morgan fingerprint density at radius 3 is 1.73 bits per heavy atom. The molecular formula is C4H11NO6. The Balaban J connectivity index is -0.000000114. The first kappa shape index (κ1) is 16.2. The van der Waals surface area contributed by atoms with E-state index in [2.05, 4.69) is 10.5 Å². The van der Waals surface area contributed by atoms with E-state index in [-0.39, 0.29) is 5.48 Å². The molecule has 0 aromatic rings. The third kappa shape index (κ3) is 160. The van der Waals surface area contributed by atoms with Crippen LogP contribution in [-0.4, -0.2) is 34.5 Å². The zero-order chi connectivity index (χ0) is 8.57. The molecule has 0 unspecified atom stereocenters. The number of carbonyl (C=O) groups is 2. The lowest BCUT2D eigenvalue weighted by Crippen LogP contribution is -2.11. The van der Waals surface area contributed by atoms with Crippen molar-refractivity contribution < 1.29 is 30.0 Å². The number of hydrogen-bond donors (Lipinski definition) is 3. The second kappa shape index (κ2) is 11.3. The van der Waals surface area contributed by atoms with Crippen LogP contribution >= 0.6 is 0 Å². The molecule has 0 aliphatic rings. The Morgan fingerprint density at radius 2 is 1.73 bits per heavy atom. The average molecular weight is 169 g/mol. The number of carboxylic acid groups (broad SMARTS) is 2. The van der Waals surface area contributed by atoms with Crippen LogP contribution in [0.4, 0.5) is 9.59 Å². The first-order valence-electron chi connectivity index (χ1n) is 2.34. The molecule has 0 fully saturated rings. The maximum atomic E-state index is 9.60. The molecule has 0 saturated heterocycles. The molecule has 11 heavy (non-hydrogen) atoms. The summed E-state index contributed by atoms with van der Waals surface area (Å²) in [4.78, 5) is 18.2. The number of carbonyl (C=O) groups excluding carboxylic acids is 1. The molecule has 0 aromatic heterocycles. The molecule has 68 valence electrons. The number of hydrogen-bond acceptors (Lipinski definition) is 3. The zero-order valence-corrected chi connectivity index (χ0v) is 5.90. The quantitative estimate of drug-likeness (QED) is 0.485. The van der Waals surface area contributed by atoms with E-state index < -0.39 is 12.2 Å². The Hall–Kier alpha value is -1.50. The fraction of sp³-hybridized carbons (Fsp3) is 0.500. The predicted octanol–water partition coefficient (Wildman–Crippen LogP) is -0.501. The van der Waals surface area contributed by atoms with Gasteiger partial charge >= 0.3 is 12.2 Å². The summed E-state index contributed by atoms with van der Waals surface area (Å²) in [5.74, 6) is 0. The summed E-state index contributed by atoms with van der Waals surface area (Å²) in [6.07, 6.45) is -2.54. The van der Waals surface area contributed by atoms with Gasteiger partial charge in [0.15, 0.2) is 0 Å². The van der Waals surface area contributed by atoms with Crippen molar-refractivity contribution in [3.63, 3.8) is 0 Å². The zero-order valence-electron chi connectivity index (χ0n) is 5.90. The third-order valence-electron chi connectivity index (χ3n) is 0.287. The molecule has 7 heteroatoms. The number of ether oxygens (including phenoxy) is 1. The molecule has 0 saturated carbocycles. The van der Waals surface area contributed by atoms with Crippen molar-refractivity contribution >= 4 is 12.2 Å². The van der Waals surface area contributed by atoms with Crippen LogP contribution in [0.1, 0.15) is 6.92 Å². The normalized spacial score (nSPS) is 6.27. The lowest BCUT2D eigenvalue weighted by atomic mass is 10.9. The standard InChI is InChI=1S/C3H7NO2.CH2O3.H2O/c1-2-6-3(4)5;2-1(3)4;/h2H2,1H3,(H2,4,5);(H2,2,3,4);1H2. The molecule has 7 nitrogen and oxygen atoms in total. The highest BCUT2D eigenvalue weighted by atomic mass is 16.6. The molecule has 0 rings (SSSR count). The van der Waals surface area contributed by atoms with Crippen molar-refractivity contribution in [3.8, 4) is 0 Å². The summed E-state index contributed by atoms with van der Waals surface area (Å²) < 4.78 is 4.18. The van der Waals surface area contributed by atoms with Gasteiger partial charge in [0.2, 0.25) is 0 Å². The number of rotatable bonds is 1. The summed E-state index contributed by atoms with van der Waals surface area (Å²) in [5.41, 5.74) is 4.54. The first-order chi connectivity index (χ1) is 4.50. The Kier molecular flexibility index (Phi) is 16.7. The minimum absolute atomic E-state index is 0. The van der Waals surface area contributed by atoms with Crippen LogP contribution < -0.4 is 5.73 Å². The van der Waals surface area contributed by atoms with Crippen LogP contribution in [-0.2, 0) is 4.74 Å². The van der Waals surface area contributed by atoms with E-state index in [1.165, 1.54) is 0 Å². The molecule has 0 radical (unpaired) electrons. The molecule has 1 amide bonds. The SMILES string of the molecule is CCOC(N)=O.O.O=C(O)O. The maximum Gasteiger partial charge on any atom is 0.503 e. The van der Waals surface area contributed by atoms with Crippen LogP contribution in [0, 0.1) is 0 Å². The third-order valence-corrected chi connectivity index (χ3v) is 0.287. The second-order valence-electron chi connectivity index (χ2n) is 1.03. The number of amides is 1. The molecule has 0 aliphatic carbocycles. The first-order valence-corrected chi connectivity index (χ1v) is 2.34. The van der Waals surface area contributed by atoms with Crippen molar-refractivity contribution in [2.45, 2.75) is 6.92 Å². The molecule has 0 bridgehead atoms. The topological polar surface area (TPSA) is 141 Å². The maximum absolute atomic E-state index is 9.60. The van der Waals surface area contributed by atoms with Crippen LogP contribution in [0.3, 0.4) is 0 Å². The Labute approximate surface area is 62.7 Å². The van der Waals surface area contributed by atoms with Gasteiger partial charge in [0, 0.05) is 0 Å². The van der Waals surface area contributed by atoms with Crippen LogP contribution in [0.15, 0.2) is 0 Å². The van der Waals surface area contributed by atoms with E-state index in [1.807, 2.05) is 0 Å². The molecule has 0 spiro atoms. The fourth-order valence-corrected chi connectivity index (χ4v) is 0.142. The van der Waals surface area contributed by atoms with Crippen molar-refractivity contribution in [1.29, 1.82) is 0 Å². The lowest BCUT2D eigenvalue weighted by Gasteiger charge is -1.89. The highest BCUT2D eigenvalue weighted by Gasteiger charge is 1.82. The van der Waals surface area contributed by atoms with E-state index in [9.17, 15) is 4.79 Å². The summed E-state index contributed by atoms with van der Waals surface area (Å²) >= 11 is 0. The van der Waals surface area contributed by atoms with E-state index in [4.69, 9.17) is 15.0 Å². The van der Waals surface area contributed by atoms with Gasteiger partial charge in [0.1, 0.15) is 0 Å². The van der Waals surface area contributed by atoms with Gasteiger partial charge in [-0.3, -0.25) is 0 Å². The molecule has 6 N–H and O–H groups in total. The van der Waals surface area contributed by atoms with Gasteiger partial charge in [0.25, 0.3) is 0 Å². The average Bonchev–Trinajstić information content (AvgIpc) is 1.62. The largest absolute Gasteiger partial charge is 0.503 e. The summed E-state index contributed by atoms with van der Waals surface area (Å²) in [5, 5.41) is 13.9. The van der Waals surface area contributed by atoms with Crippen molar-refractivity contribution in [3.05, 3.63) is 0 Å². The molecule has 0 aliphatic heterocycles. The summed E-state index contributed by atoms with van der Waals surface area (Å²) in [6, 6.07) is 0.